The first kappa shape index (κ1) is 17.7. The van der Waals surface area contributed by atoms with Crippen LogP contribution in [0, 0.1) is 0 Å². The summed E-state index contributed by atoms with van der Waals surface area (Å²) in [6.45, 7) is 6.58. The van der Waals surface area contributed by atoms with Crippen molar-refractivity contribution < 1.29 is 0 Å². The quantitative estimate of drug-likeness (QED) is 0.462. The van der Waals surface area contributed by atoms with Crippen molar-refractivity contribution in [3.8, 4) is 0 Å². The normalized spacial score (nSPS) is 11.0. The van der Waals surface area contributed by atoms with Crippen molar-refractivity contribution in [2.24, 2.45) is 4.99 Å². The van der Waals surface area contributed by atoms with Crippen LogP contribution in [-0.4, -0.2) is 24.0 Å². The molecule has 0 aliphatic heterocycles. The molecule has 0 fully saturated rings. The zero-order valence-corrected chi connectivity index (χ0v) is 14.9. The molecule has 0 atom stereocenters. The maximum absolute atomic E-state index is 4.60. The second-order valence-corrected chi connectivity index (χ2v) is 4.60. The van der Waals surface area contributed by atoms with Gasteiger partial charge in [-0.15, -0.1) is 24.0 Å². The van der Waals surface area contributed by atoms with E-state index in [9.17, 15) is 0 Å². The van der Waals surface area contributed by atoms with Crippen LogP contribution >= 0.6 is 24.0 Å². The molecule has 2 aromatic rings. The summed E-state index contributed by atoms with van der Waals surface area (Å²) in [5, 5.41) is 8.93. The number of hydrogen-bond donors (Lipinski definition) is 2. The molecule has 21 heavy (non-hydrogen) atoms. The van der Waals surface area contributed by atoms with Gasteiger partial charge < -0.3 is 10.6 Å². The van der Waals surface area contributed by atoms with Gasteiger partial charge in [0, 0.05) is 24.7 Å². The van der Waals surface area contributed by atoms with Crippen molar-refractivity contribution in [3.05, 3.63) is 42.2 Å². The van der Waals surface area contributed by atoms with Crippen molar-refractivity contribution in [2.45, 2.75) is 26.8 Å². The summed E-state index contributed by atoms with van der Waals surface area (Å²) in [5.41, 5.74) is 1.01. The second kappa shape index (κ2) is 9.55. The predicted molar refractivity (Wildman–Crippen MR) is 100 cm³/mol. The first-order valence-corrected chi connectivity index (χ1v) is 7.20. The van der Waals surface area contributed by atoms with Crippen LogP contribution < -0.4 is 10.6 Å². The van der Waals surface area contributed by atoms with E-state index in [-0.39, 0.29) is 24.0 Å². The number of pyridine rings is 1. The predicted octanol–water partition coefficient (Wildman–Crippen LogP) is 3.32. The number of aromatic nitrogens is 1. The monoisotopic (exact) mass is 398 g/mol. The second-order valence-electron chi connectivity index (χ2n) is 4.60. The maximum atomic E-state index is 4.60. The highest BCUT2D eigenvalue weighted by Gasteiger charge is 2.02. The Hall–Kier alpha value is -1.37. The maximum Gasteiger partial charge on any atom is 0.191 e. The minimum Gasteiger partial charge on any atom is -0.357 e. The molecule has 0 radical (unpaired) electrons. The van der Waals surface area contributed by atoms with E-state index in [2.05, 4.69) is 46.6 Å². The lowest BCUT2D eigenvalue weighted by molar-refractivity contribution is 0.784. The van der Waals surface area contributed by atoms with Crippen LogP contribution in [0.4, 0.5) is 0 Å². The van der Waals surface area contributed by atoms with Gasteiger partial charge in [0.25, 0.3) is 0 Å². The van der Waals surface area contributed by atoms with Gasteiger partial charge in [-0.3, -0.25) is 4.98 Å². The van der Waals surface area contributed by atoms with Crippen LogP contribution in [0.5, 0.6) is 0 Å². The molecule has 0 spiro atoms. The van der Waals surface area contributed by atoms with Crippen molar-refractivity contribution in [2.75, 3.05) is 13.1 Å². The zero-order valence-electron chi connectivity index (χ0n) is 12.6. The van der Waals surface area contributed by atoms with Crippen LogP contribution in [0.3, 0.4) is 0 Å². The van der Waals surface area contributed by atoms with Gasteiger partial charge in [-0.05, 0) is 24.8 Å². The van der Waals surface area contributed by atoms with E-state index in [1.54, 1.807) is 0 Å². The third-order valence-corrected chi connectivity index (χ3v) is 3.03. The van der Waals surface area contributed by atoms with E-state index < -0.39 is 0 Å². The number of guanidine groups is 1. The van der Waals surface area contributed by atoms with Crippen molar-refractivity contribution in [1.82, 2.24) is 15.6 Å². The van der Waals surface area contributed by atoms with E-state index >= 15 is 0 Å². The zero-order chi connectivity index (χ0) is 14.2. The summed E-state index contributed by atoms with van der Waals surface area (Å²) in [7, 11) is 0. The Morgan fingerprint density at radius 3 is 2.71 bits per heavy atom. The highest BCUT2D eigenvalue weighted by atomic mass is 127. The van der Waals surface area contributed by atoms with Gasteiger partial charge in [0.2, 0.25) is 0 Å². The fourth-order valence-corrected chi connectivity index (χ4v) is 2.05. The number of halogens is 1. The van der Waals surface area contributed by atoms with E-state index in [0.29, 0.717) is 6.54 Å². The minimum atomic E-state index is 0. The molecule has 1 aromatic carbocycles. The molecular formula is C16H23IN4. The third-order valence-electron chi connectivity index (χ3n) is 3.03. The number of fused-ring (bicyclic) bond motifs is 1. The van der Waals surface area contributed by atoms with Crippen LogP contribution in [0.15, 0.2) is 41.5 Å². The molecule has 0 saturated heterocycles. The molecule has 114 valence electrons. The molecule has 0 amide bonds. The minimum absolute atomic E-state index is 0. The fourth-order valence-electron chi connectivity index (χ4n) is 2.05. The van der Waals surface area contributed by atoms with Crippen LogP contribution in [0.1, 0.15) is 26.0 Å². The molecule has 0 bridgehead atoms. The number of rotatable bonds is 5. The Kier molecular flexibility index (Phi) is 8.04. The van der Waals surface area contributed by atoms with Crippen LogP contribution in [-0.2, 0) is 6.54 Å². The van der Waals surface area contributed by atoms with Gasteiger partial charge in [0.05, 0.1) is 12.2 Å². The largest absolute Gasteiger partial charge is 0.357 e. The van der Waals surface area contributed by atoms with E-state index in [1.165, 1.54) is 10.8 Å². The highest BCUT2D eigenvalue weighted by Crippen LogP contribution is 2.16. The van der Waals surface area contributed by atoms with Crippen LogP contribution in [0.25, 0.3) is 10.8 Å². The third kappa shape index (κ3) is 5.15. The van der Waals surface area contributed by atoms with Crippen molar-refractivity contribution >= 4 is 40.7 Å². The lowest BCUT2D eigenvalue weighted by Crippen LogP contribution is -2.37. The molecule has 0 aliphatic carbocycles. The van der Waals surface area contributed by atoms with Gasteiger partial charge in [-0.1, -0.05) is 31.2 Å². The van der Waals surface area contributed by atoms with Crippen molar-refractivity contribution in [1.29, 1.82) is 0 Å². The van der Waals surface area contributed by atoms with E-state index in [1.807, 2.05) is 24.4 Å². The molecule has 1 heterocycles. The number of benzene rings is 1. The highest BCUT2D eigenvalue weighted by molar-refractivity contribution is 14.0. The molecule has 0 saturated carbocycles. The van der Waals surface area contributed by atoms with Crippen molar-refractivity contribution in [3.63, 3.8) is 0 Å². The standard InChI is InChI=1S/C16H22N4.HI/c1-3-10-19-16(17-4-2)20-12-15-14-8-6-5-7-13(14)9-11-18-15;/h5-9,11H,3-4,10,12H2,1-2H3,(H2,17,19,20);1H. The average Bonchev–Trinajstić information content (AvgIpc) is 2.50. The SMILES string of the molecule is CCCNC(=NCc1nccc2ccccc12)NCC.I. The first-order valence-electron chi connectivity index (χ1n) is 7.20. The van der Waals surface area contributed by atoms with Gasteiger partial charge >= 0.3 is 0 Å². The molecule has 5 heteroatoms. The number of aliphatic imine (C=N–C) groups is 1. The molecule has 2 rings (SSSR count). The molecule has 1 aromatic heterocycles. The fraction of sp³-hybridized carbons (Fsp3) is 0.375. The van der Waals surface area contributed by atoms with Gasteiger partial charge in [0.1, 0.15) is 0 Å². The molecule has 2 N–H and O–H groups in total. The van der Waals surface area contributed by atoms with Gasteiger partial charge in [-0.25, -0.2) is 4.99 Å². The molecule has 0 aliphatic rings. The van der Waals surface area contributed by atoms with E-state index in [4.69, 9.17) is 0 Å². The first-order chi connectivity index (χ1) is 9.85. The molecular weight excluding hydrogens is 375 g/mol. The topological polar surface area (TPSA) is 49.3 Å². The van der Waals surface area contributed by atoms with Gasteiger partial charge in [0.15, 0.2) is 5.96 Å². The average molecular weight is 398 g/mol. The number of nitrogens with one attached hydrogen (secondary N) is 2. The summed E-state index contributed by atoms with van der Waals surface area (Å²) in [5.74, 6) is 0.851. The Balaban J connectivity index is 0.00000220. The Morgan fingerprint density at radius 1 is 1.14 bits per heavy atom. The molecule has 4 nitrogen and oxygen atoms in total. The van der Waals surface area contributed by atoms with Gasteiger partial charge in [-0.2, -0.15) is 0 Å². The summed E-state index contributed by atoms with van der Waals surface area (Å²) in [6, 6.07) is 10.3. The lowest BCUT2D eigenvalue weighted by Gasteiger charge is -2.10. The Morgan fingerprint density at radius 2 is 1.95 bits per heavy atom. The Labute approximate surface area is 143 Å². The number of nitrogens with zero attached hydrogens (tertiary/aromatic N) is 2. The number of hydrogen-bond acceptors (Lipinski definition) is 2. The van der Waals surface area contributed by atoms with E-state index in [0.717, 1.165) is 31.2 Å². The summed E-state index contributed by atoms with van der Waals surface area (Å²) >= 11 is 0. The summed E-state index contributed by atoms with van der Waals surface area (Å²) < 4.78 is 0. The smallest absolute Gasteiger partial charge is 0.191 e. The lowest BCUT2D eigenvalue weighted by atomic mass is 10.1. The summed E-state index contributed by atoms with van der Waals surface area (Å²) in [4.78, 5) is 9.06. The Bertz CT molecular complexity index is 578. The molecule has 0 unspecified atom stereocenters. The van der Waals surface area contributed by atoms with Crippen LogP contribution in [0.2, 0.25) is 0 Å². The summed E-state index contributed by atoms with van der Waals surface area (Å²) in [6.07, 6.45) is 2.93.